The molecule has 0 radical (unpaired) electrons. The maximum atomic E-state index is 13.3. The number of hydrogen-bond donors (Lipinski definition) is 1. The third-order valence-corrected chi connectivity index (χ3v) is 4.56. The van der Waals surface area contributed by atoms with Crippen LogP contribution in [0, 0.1) is 11.7 Å². The third-order valence-electron chi connectivity index (χ3n) is 4.56. The van der Waals surface area contributed by atoms with Crippen molar-refractivity contribution in [3.63, 3.8) is 0 Å². The van der Waals surface area contributed by atoms with Gasteiger partial charge >= 0.3 is 6.03 Å². The highest BCUT2D eigenvalue weighted by molar-refractivity contribution is 5.89. The second kappa shape index (κ2) is 7.63. The SMILES string of the molecule is CC(C)n1cnnc1CC1CCCN(C(=O)Nc2cccc(F)c2)C1. The number of aromatic nitrogens is 3. The second-order valence-corrected chi connectivity index (χ2v) is 6.85. The number of nitrogens with zero attached hydrogens (tertiary/aromatic N) is 4. The Hall–Kier alpha value is -2.44. The normalized spacial score (nSPS) is 17.8. The molecule has 25 heavy (non-hydrogen) atoms. The number of halogens is 1. The van der Waals surface area contributed by atoms with Crippen molar-refractivity contribution in [3.05, 3.63) is 42.2 Å². The molecule has 1 aromatic heterocycles. The number of rotatable bonds is 4. The van der Waals surface area contributed by atoms with E-state index < -0.39 is 0 Å². The molecule has 7 heteroatoms. The number of benzene rings is 1. The molecule has 0 saturated carbocycles. The van der Waals surface area contributed by atoms with E-state index in [-0.39, 0.29) is 11.8 Å². The molecule has 2 aromatic rings. The van der Waals surface area contributed by atoms with Crippen molar-refractivity contribution < 1.29 is 9.18 Å². The third kappa shape index (κ3) is 4.35. The summed E-state index contributed by atoms with van der Waals surface area (Å²) in [5.74, 6) is 0.962. The molecule has 1 aliphatic heterocycles. The van der Waals surface area contributed by atoms with E-state index in [0.29, 0.717) is 30.7 Å². The first-order chi connectivity index (χ1) is 12.0. The number of nitrogens with one attached hydrogen (secondary N) is 1. The van der Waals surface area contributed by atoms with Crippen LogP contribution in [0.1, 0.15) is 38.6 Å². The first-order valence-corrected chi connectivity index (χ1v) is 8.73. The van der Waals surface area contributed by atoms with Gasteiger partial charge < -0.3 is 14.8 Å². The smallest absolute Gasteiger partial charge is 0.321 e. The van der Waals surface area contributed by atoms with Crippen molar-refractivity contribution in [2.45, 2.75) is 39.2 Å². The molecular weight excluding hydrogens is 321 g/mol. The Morgan fingerprint density at radius 2 is 2.28 bits per heavy atom. The van der Waals surface area contributed by atoms with E-state index in [4.69, 9.17) is 0 Å². The predicted octanol–water partition coefficient (Wildman–Crippen LogP) is 3.48. The van der Waals surface area contributed by atoms with E-state index >= 15 is 0 Å². The Bertz CT molecular complexity index is 730. The summed E-state index contributed by atoms with van der Waals surface area (Å²) in [6.07, 6.45) is 4.59. The summed E-state index contributed by atoms with van der Waals surface area (Å²) >= 11 is 0. The highest BCUT2D eigenvalue weighted by Crippen LogP contribution is 2.22. The van der Waals surface area contributed by atoms with Gasteiger partial charge in [-0.1, -0.05) is 6.07 Å². The fraction of sp³-hybridized carbons (Fsp3) is 0.500. The topological polar surface area (TPSA) is 63.1 Å². The lowest BCUT2D eigenvalue weighted by Crippen LogP contribution is -2.43. The number of hydrogen-bond acceptors (Lipinski definition) is 3. The molecule has 1 N–H and O–H groups in total. The quantitative estimate of drug-likeness (QED) is 0.923. The standard InChI is InChI=1S/C18H24FN5O/c1-13(2)24-12-20-22-17(24)9-14-5-4-8-23(11-14)18(25)21-16-7-3-6-15(19)10-16/h3,6-7,10,12-14H,4-5,8-9,11H2,1-2H3,(H,21,25). The van der Waals surface area contributed by atoms with Crippen LogP contribution in [0.2, 0.25) is 0 Å². The Kier molecular flexibility index (Phi) is 5.31. The van der Waals surface area contributed by atoms with E-state index in [1.165, 1.54) is 12.1 Å². The van der Waals surface area contributed by atoms with Crippen molar-refractivity contribution in [1.29, 1.82) is 0 Å². The molecule has 0 spiro atoms. The first kappa shape index (κ1) is 17.4. The average molecular weight is 345 g/mol. The summed E-state index contributed by atoms with van der Waals surface area (Å²) in [6.45, 7) is 5.60. The van der Waals surface area contributed by atoms with Crippen molar-refractivity contribution in [2.24, 2.45) is 5.92 Å². The van der Waals surface area contributed by atoms with Crippen LogP contribution in [0.4, 0.5) is 14.9 Å². The number of anilines is 1. The van der Waals surface area contributed by atoms with Crippen molar-refractivity contribution >= 4 is 11.7 Å². The number of carbonyl (C=O) groups excluding carboxylic acids is 1. The van der Waals surface area contributed by atoms with Crippen molar-refractivity contribution in [2.75, 3.05) is 18.4 Å². The summed E-state index contributed by atoms with van der Waals surface area (Å²) in [7, 11) is 0. The average Bonchev–Trinajstić information content (AvgIpc) is 3.03. The van der Waals surface area contributed by atoms with Crippen LogP contribution in [-0.4, -0.2) is 38.8 Å². The molecule has 134 valence electrons. The summed E-state index contributed by atoms with van der Waals surface area (Å²) in [6, 6.07) is 6.10. The molecule has 6 nitrogen and oxygen atoms in total. The van der Waals surface area contributed by atoms with E-state index in [1.54, 1.807) is 23.4 Å². The predicted molar refractivity (Wildman–Crippen MR) is 93.8 cm³/mol. The van der Waals surface area contributed by atoms with Gasteiger partial charge in [-0.2, -0.15) is 0 Å². The molecule has 1 aliphatic rings. The molecule has 1 unspecified atom stereocenters. The number of amides is 2. The van der Waals surface area contributed by atoms with E-state index in [9.17, 15) is 9.18 Å². The van der Waals surface area contributed by atoms with Gasteiger partial charge in [-0.15, -0.1) is 10.2 Å². The summed E-state index contributed by atoms with van der Waals surface area (Å²) in [5.41, 5.74) is 0.478. The minimum absolute atomic E-state index is 0.180. The zero-order chi connectivity index (χ0) is 17.8. The van der Waals surface area contributed by atoms with Crippen LogP contribution in [0.25, 0.3) is 0 Å². The molecule has 0 aliphatic carbocycles. The number of likely N-dealkylation sites (tertiary alicyclic amines) is 1. The Morgan fingerprint density at radius 3 is 3.04 bits per heavy atom. The number of urea groups is 1. The van der Waals surface area contributed by atoms with Gasteiger partial charge in [-0.05, 0) is 50.8 Å². The lowest BCUT2D eigenvalue weighted by Gasteiger charge is -2.32. The molecule has 1 saturated heterocycles. The van der Waals surface area contributed by atoms with Crippen molar-refractivity contribution in [3.8, 4) is 0 Å². The first-order valence-electron chi connectivity index (χ1n) is 8.73. The molecule has 0 bridgehead atoms. The zero-order valence-corrected chi connectivity index (χ0v) is 14.7. The summed E-state index contributed by atoms with van der Waals surface area (Å²) in [4.78, 5) is 14.3. The van der Waals surface area contributed by atoms with Gasteiger partial charge in [0.15, 0.2) is 0 Å². The van der Waals surface area contributed by atoms with Crippen LogP contribution in [0.15, 0.2) is 30.6 Å². The molecular formula is C18H24FN5O. The van der Waals surface area contributed by atoms with Crippen LogP contribution in [-0.2, 0) is 6.42 Å². The van der Waals surface area contributed by atoms with E-state index in [2.05, 4.69) is 33.9 Å². The Morgan fingerprint density at radius 1 is 1.44 bits per heavy atom. The fourth-order valence-corrected chi connectivity index (χ4v) is 3.29. The lowest BCUT2D eigenvalue weighted by atomic mass is 9.94. The highest BCUT2D eigenvalue weighted by Gasteiger charge is 2.25. The fourth-order valence-electron chi connectivity index (χ4n) is 3.29. The van der Waals surface area contributed by atoms with Crippen LogP contribution in [0.5, 0.6) is 0 Å². The molecule has 2 heterocycles. The maximum Gasteiger partial charge on any atom is 0.321 e. The van der Waals surface area contributed by atoms with Gasteiger partial charge in [0.2, 0.25) is 0 Å². The van der Waals surface area contributed by atoms with Gasteiger partial charge in [0.1, 0.15) is 18.0 Å². The van der Waals surface area contributed by atoms with Gasteiger partial charge in [-0.3, -0.25) is 0 Å². The maximum absolute atomic E-state index is 13.3. The van der Waals surface area contributed by atoms with Crippen LogP contribution >= 0.6 is 0 Å². The zero-order valence-electron chi connectivity index (χ0n) is 14.7. The summed E-state index contributed by atoms with van der Waals surface area (Å²) in [5, 5.41) is 11.0. The number of piperidine rings is 1. The Balaban J connectivity index is 1.60. The lowest BCUT2D eigenvalue weighted by molar-refractivity contribution is 0.176. The van der Waals surface area contributed by atoms with Crippen LogP contribution in [0.3, 0.4) is 0 Å². The molecule has 1 fully saturated rings. The molecule has 2 amide bonds. The monoisotopic (exact) mass is 345 g/mol. The summed E-state index contributed by atoms with van der Waals surface area (Å²) < 4.78 is 15.3. The minimum atomic E-state index is -0.359. The van der Waals surface area contributed by atoms with Gasteiger partial charge in [0.25, 0.3) is 0 Å². The van der Waals surface area contributed by atoms with Gasteiger partial charge in [0.05, 0.1) is 0 Å². The van der Waals surface area contributed by atoms with E-state index in [1.807, 2.05) is 0 Å². The minimum Gasteiger partial charge on any atom is -0.324 e. The van der Waals surface area contributed by atoms with Crippen LogP contribution < -0.4 is 5.32 Å². The Labute approximate surface area is 147 Å². The highest BCUT2D eigenvalue weighted by atomic mass is 19.1. The van der Waals surface area contributed by atoms with Gasteiger partial charge in [-0.25, -0.2) is 9.18 Å². The largest absolute Gasteiger partial charge is 0.324 e. The molecule has 1 atom stereocenters. The van der Waals surface area contributed by atoms with Crippen molar-refractivity contribution in [1.82, 2.24) is 19.7 Å². The van der Waals surface area contributed by atoms with Gasteiger partial charge in [0, 0.05) is 31.2 Å². The number of carbonyl (C=O) groups is 1. The molecule has 3 rings (SSSR count). The van der Waals surface area contributed by atoms with E-state index in [0.717, 1.165) is 25.1 Å². The second-order valence-electron chi connectivity index (χ2n) is 6.85. The molecule has 1 aromatic carbocycles.